The second-order valence-electron chi connectivity index (χ2n) is 4.19. The quantitative estimate of drug-likeness (QED) is 0.835. The van der Waals surface area contributed by atoms with E-state index in [1.54, 1.807) is 18.5 Å². The number of nitrogens with zero attached hydrogens (tertiary/aromatic N) is 2. The maximum absolute atomic E-state index is 11.4. The molecule has 2 heterocycles. The Hall–Kier alpha value is -1.88. The third-order valence-electron chi connectivity index (χ3n) is 2.89. The predicted molar refractivity (Wildman–Crippen MR) is 70.5 cm³/mol. The lowest BCUT2D eigenvalue weighted by atomic mass is 10.1. The van der Waals surface area contributed by atoms with Gasteiger partial charge in [0.2, 0.25) is 5.56 Å². The molecule has 0 saturated heterocycles. The van der Waals surface area contributed by atoms with E-state index in [0.717, 1.165) is 24.4 Å². The number of hydrogen-bond acceptors (Lipinski definition) is 3. The normalized spacial score (nSPS) is 12.6. The molecular weight excluding hydrogens is 228 g/mol. The minimum Gasteiger partial charge on any atom is -0.333 e. The van der Waals surface area contributed by atoms with Crippen molar-refractivity contribution in [3.63, 3.8) is 0 Å². The summed E-state index contributed by atoms with van der Waals surface area (Å²) in [5.74, 6) is 0.935. The third-order valence-corrected chi connectivity index (χ3v) is 2.89. The average Bonchev–Trinajstić information content (AvgIpc) is 2.79. The molecule has 0 amide bonds. The van der Waals surface area contributed by atoms with Crippen LogP contribution in [0, 0.1) is 0 Å². The fourth-order valence-electron chi connectivity index (χ4n) is 2.10. The fourth-order valence-corrected chi connectivity index (χ4v) is 2.10. The van der Waals surface area contributed by atoms with E-state index < -0.39 is 0 Å². The SMILES string of the molecule is CCCn1ccnc1C(NC)c1cc[nH]c(=O)c1. The van der Waals surface area contributed by atoms with Gasteiger partial charge in [0, 0.05) is 31.2 Å². The van der Waals surface area contributed by atoms with E-state index in [9.17, 15) is 4.79 Å². The molecule has 0 aromatic carbocycles. The Kier molecular flexibility index (Phi) is 3.94. The number of aromatic amines is 1. The maximum Gasteiger partial charge on any atom is 0.248 e. The van der Waals surface area contributed by atoms with Crippen molar-refractivity contribution in [3.05, 3.63) is 52.5 Å². The standard InChI is InChI=1S/C13H18N4O/c1-3-7-17-8-6-16-13(17)12(14-2)10-4-5-15-11(18)9-10/h4-6,8-9,12,14H,3,7H2,1-2H3,(H,15,18). The lowest BCUT2D eigenvalue weighted by Crippen LogP contribution is -2.23. The number of nitrogens with one attached hydrogen (secondary N) is 2. The van der Waals surface area contributed by atoms with Crippen molar-refractivity contribution in [2.75, 3.05) is 7.05 Å². The van der Waals surface area contributed by atoms with Crippen LogP contribution in [0.15, 0.2) is 35.5 Å². The number of pyridine rings is 1. The maximum atomic E-state index is 11.4. The molecule has 18 heavy (non-hydrogen) atoms. The third kappa shape index (κ3) is 2.51. The molecule has 0 saturated carbocycles. The van der Waals surface area contributed by atoms with Crippen LogP contribution in [0.3, 0.4) is 0 Å². The van der Waals surface area contributed by atoms with Crippen molar-refractivity contribution in [2.45, 2.75) is 25.9 Å². The summed E-state index contributed by atoms with van der Waals surface area (Å²) in [6.07, 6.45) is 6.48. The van der Waals surface area contributed by atoms with Crippen LogP contribution in [-0.2, 0) is 6.54 Å². The zero-order valence-corrected chi connectivity index (χ0v) is 10.7. The molecule has 0 aliphatic rings. The molecule has 0 aliphatic heterocycles. The average molecular weight is 246 g/mol. The molecule has 0 bridgehead atoms. The van der Waals surface area contributed by atoms with Gasteiger partial charge in [-0.25, -0.2) is 4.98 Å². The molecule has 5 heteroatoms. The first kappa shape index (κ1) is 12.6. The van der Waals surface area contributed by atoms with Gasteiger partial charge in [0.05, 0.1) is 6.04 Å². The van der Waals surface area contributed by atoms with E-state index in [1.165, 1.54) is 0 Å². The molecule has 2 N–H and O–H groups in total. The summed E-state index contributed by atoms with van der Waals surface area (Å²) in [7, 11) is 1.87. The Morgan fingerprint density at radius 3 is 3.06 bits per heavy atom. The van der Waals surface area contributed by atoms with Gasteiger partial charge in [-0.15, -0.1) is 0 Å². The van der Waals surface area contributed by atoms with Crippen LogP contribution in [-0.4, -0.2) is 21.6 Å². The highest BCUT2D eigenvalue weighted by molar-refractivity contribution is 5.22. The minimum atomic E-state index is -0.0960. The van der Waals surface area contributed by atoms with Crippen LogP contribution in [0.2, 0.25) is 0 Å². The first-order chi connectivity index (χ1) is 8.76. The van der Waals surface area contributed by atoms with E-state index >= 15 is 0 Å². The second-order valence-corrected chi connectivity index (χ2v) is 4.19. The summed E-state index contributed by atoms with van der Waals surface area (Å²) < 4.78 is 2.11. The van der Waals surface area contributed by atoms with Crippen LogP contribution in [0.1, 0.15) is 30.8 Å². The molecule has 96 valence electrons. The second kappa shape index (κ2) is 5.64. The van der Waals surface area contributed by atoms with Crippen LogP contribution in [0.25, 0.3) is 0 Å². The van der Waals surface area contributed by atoms with Crippen LogP contribution in [0.5, 0.6) is 0 Å². The number of aromatic nitrogens is 3. The highest BCUT2D eigenvalue weighted by Crippen LogP contribution is 2.18. The molecule has 1 unspecified atom stereocenters. The number of imidazole rings is 1. The predicted octanol–water partition coefficient (Wildman–Crippen LogP) is 1.29. The monoisotopic (exact) mass is 246 g/mol. The van der Waals surface area contributed by atoms with Crippen molar-refractivity contribution in [3.8, 4) is 0 Å². The number of hydrogen-bond donors (Lipinski definition) is 2. The van der Waals surface area contributed by atoms with E-state index in [4.69, 9.17) is 0 Å². The van der Waals surface area contributed by atoms with Crippen LogP contribution >= 0.6 is 0 Å². The number of rotatable bonds is 5. The molecule has 0 radical (unpaired) electrons. The zero-order valence-electron chi connectivity index (χ0n) is 10.7. The van der Waals surface area contributed by atoms with Gasteiger partial charge in [-0.1, -0.05) is 6.92 Å². The molecule has 0 fully saturated rings. The summed E-state index contributed by atoms with van der Waals surface area (Å²) >= 11 is 0. The minimum absolute atomic E-state index is 0.0613. The van der Waals surface area contributed by atoms with Crippen LogP contribution < -0.4 is 10.9 Å². The summed E-state index contributed by atoms with van der Waals surface area (Å²) in [6, 6.07) is 3.44. The fraction of sp³-hybridized carbons (Fsp3) is 0.385. The first-order valence-corrected chi connectivity index (χ1v) is 6.13. The zero-order chi connectivity index (χ0) is 13.0. The molecular formula is C13H18N4O. The summed E-state index contributed by atoms with van der Waals surface area (Å²) in [6.45, 7) is 3.06. The largest absolute Gasteiger partial charge is 0.333 e. The van der Waals surface area contributed by atoms with E-state index in [-0.39, 0.29) is 11.6 Å². The Morgan fingerprint density at radius 1 is 1.56 bits per heavy atom. The van der Waals surface area contributed by atoms with E-state index in [2.05, 4.69) is 26.8 Å². The highest BCUT2D eigenvalue weighted by Gasteiger charge is 2.17. The highest BCUT2D eigenvalue weighted by atomic mass is 16.1. The summed E-state index contributed by atoms with van der Waals surface area (Å²) in [5.41, 5.74) is 0.825. The van der Waals surface area contributed by atoms with Gasteiger partial charge in [0.15, 0.2) is 0 Å². The lowest BCUT2D eigenvalue weighted by Gasteiger charge is -2.17. The molecule has 2 aromatic heterocycles. The van der Waals surface area contributed by atoms with Crippen molar-refractivity contribution in [1.29, 1.82) is 0 Å². The lowest BCUT2D eigenvalue weighted by molar-refractivity contribution is 0.567. The van der Waals surface area contributed by atoms with E-state index in [0.29, 0.717) is 0 Å². The molecule has 1 atom stereocenters. The van der Waals surface area contributed by atoms with Gasteiger partial charge in [0.25, 0.3) is 0 Å². The van der Waals surface area contributed by atoms with Crippen molar-refractivity contribution in [1.82, 2.24) is 19.9 Å². The van der Waals surface area contributed by atoms with Crippen LogP contribution in [0.4, 0.5) is 0 Å². The first-order valence-electron chi connectivity index (χ1n) is 6.13. The molecule has 0 aliphatic carbocycles. The van der Waals surface area contributed by atoms with Crippen molar-refractivity contribution >= 4 is 0 Å². The topological polar surface area (TPSA) is 62.7 Å². The summed E-state index contributed by atoms with van der Waals surface area (Å²) in [5, 5.41) is 3.21. The van der Waals surface area contributed by atoms with E-state index in [1.807, 2.05) is 19.3 Å². The van der Waals surface area contributed by atoms with Gasteiger partial charge >= 0.3 is 0 Å². The Morgan fingerprint density at radius 2 is 2.39 bits per heavy atom. The van der Waals surface area contributed by atoms with Gasteiger partial charge in [0.1, 0.15) is 5.82 Å². The molecule has 5 nitrogen and oxygen atoms in total. The van der Waals surface area contributed by atoms with Gasteiger partial charge < -0.3 is 14.9 Å². The van der Waals surface area contributed by atoms with Gasteiger partial charge in [-0.3, -0.25) is 4.79 Å². The Balaban J connectivity index is 2.39. The van der Waals surface area contributed by atoms with Crippen molar-refractivity contribution < 1.29 is 0 Å². The Bertz CT molecular complexity index is 558. The van der Waals surface area contributed by atoms with Gasteiger partial charge in [-0.05, 0) is 25.1 Å². The number of aryl methyl sites for hydroxylation is 1. The molecule has 2 aromatic rings. The van der Waals surface area contributed by atoms with Crippen molar-refractivity contribution in [2.24, 2.45) is 0 Å². The Labute approximate surface area is 106 Å². The molecule has 2 rings (SSSR count). The summed E-state index contributed by atoms with van der Waals surface area (Å²) in [4.78, 5) is 18.4. The number of H-pyrrole nitrogens is 1. The van der Waals surface area contributed by atoms with Gasteiger partial charge in [-0.2, -0.15) is 0 Å². The smallest absolute Gasteiger partial charge is 0.248 e. The molecule has 0 spiro atoms.